The zero-order valence-electron chi connectivity index (χ0n) is 11.6. The maximum Gasteiger partial charge on any atom is 0.134 e. The van der Waals surface area contributed by atoms with E-state index in [1.165, 1.54) is 0 Å². The van der Waals surface area contributed by atoms with Crippen LogP contribution >= 0.6 is 0 Å². The first-order valence-electron chi connectivity index (χ1n) is 6.18. The van der Waals surface area contributed by atoms with Gasteiger partial charge in [0.1, 0.15) is 17.6 Å². The lowest BCUT2D eigenvalue weighted by atomic mass is 10.3. The summed E-state index contributed by atoms with van der Waals surface area (Å²) in [5.74, 6) is 1.65. The number of methoxy groups -OCH3 is 2. The molecule has 0 radical (unpaired) electrons. The molecule has 18 heavy (non-hydrogen) atoms. The van der Waals surface area contributed by atoms with Gasteiger partial charge in [0.05, 0.1) is 13.7 Å². The number of rotatable bonds is 8. The molecule has 0 fully saturated rings. The second-order valence-corrected chi connectivity index (χ2v) is 4.43. The van der Waals surface area contributed by atoms with Crippen molar-refractivity contribution in [1.82, 2.24) is 5.32 Å². The van der Waals surface area contributed by atoms with Crippen molar-refractivity contribution in [1.29, 1.82) is 0 Å². The Morgan fingerprint density at radius 2 is 1.67 bits per heavy atom. The van der Waals surface area contributed by atoms with Gasteiger partial charge >= 0.3 is 0 Å². The molecule has 4 heteroatoms. The third kappa shape index (κ3) is 5.38. The van der Waals surface area contributed by atoms with Crippen molar-refractivity contribution in [3.63, 3.8) is 0 Å². The predicted molar refractivity (Wildman–Crippen MR) is 72.4 cm³/mol. The average molecular weight is 253 g/mol. The summed E-state index contributed by atoms with van der Waals surface area (Å²) in [4.78, 5) is 0. The number of hydrogen-bond donors (Lipinski definition) is 1. The zero-order chi connectivity index (χ0) is 13.4. The van der Waals surface area contributed by atoms with Gasteiger partial charge in [0.15, 0.2) is 0 Å². The van der Waals surface area contributed by atoms with Gasteiger partial charge in [0.25, 0.3) is 0 Å². The molecule has 0 aliphatic heterocycles. The molecule has 0 saturated carbocycles. The fraction of sp³-hybridized carbons (Fsp3) is 0.571. The smallest absolute Gasteiger partial charge is 0.134 e. The van der Waals surface area contributed by atoms with Gasteiger partial charge in [-0.15, -0.1) is 0 Å². The largest absolute Gasteiger partial charge is 0.497 e. The van der Waals surface area contributed by atoms with Gasteiger partial charge in [-0.25, -0.2) is 0 Å². The highest BCUT2D eigenvalue weighted by molar-refractivity contribution is 5.31. The SMILES string of the molecule is COCC(CNC(C)C)Oc1ccc(OC)cc1. The van der Waals surface area contributed by atoms with Crippen LogP contribution in [0.3, 0.4) is 0 Å². The van der Waals surface area contributed by atoms with Crippen molar-refractivity contribution in [2.24, 2.45) is 0 Å². The maximum absolute atomic E-state index is 5.86. The summed E-state index contributed by atoms with van der Waals surface area (Å²) in [6.07, 6.45) is 0.00537. The Kier molecular flexibility index (Phi) is 6.54. The third-order valence-corrected chi connectivity index (χ3v) is 2.47. The number of hydrogen-bond acceptors (Lipinski definition) is 4. The summed E-state index contributed by atoms with van der Waals surface area (Å²) in [5, 5.41) is 3.34. The highest BCUT2D eigenvalue weighted by atomic mass is 16.5. The van der Waals surface area contributed by atoms with Crippen molar-refractivity contribution in [2.45, 2.75) is 26.0 Å². The fourth-order valence-electron chi connectivity index (χ4n) is 1.53. The van der Waals surface area contributed by atoms with Crippen molar-refractivity contribution < 1.29 is 14.2 Å². The van der Waals surface area contributed by atoms with E-state index in [4.69, 9.17) is 14.2 Å². The highest BCUT2D eigenvalue weighted by Gasteiger charge is 2.10. The molecule has 102 valence electrons. The van der Waals surface area contributed by atoms with E-state index in [2.05, 4.69) is 19.2 Å². The van der Waals surface area contributed by atoms with Gasteiger partial charge in [-0.2, -0.15) is 0 Å². The topological polar surface area (TPSA) is 39.7 Å². The van der Waals surface area contributed by atoms with Gasteiger partial charge in [0.2, 0.25) is 0 Å². The normalized spacial score (nSPS) is 12.5. The van der Waals surface area contributed by atoms with Gasteiger partial charge in [0, 0.05) is 19.7 Å². The van der Waals surface area contributed by atoms with Crippen molar-refractivity contribution in [2.75, 3.05) is 27.4 Å². The molecule has 0 bridgehead atoms. The van der Waals surface area contributed by atoms with Gasteiger partial charge < -0.3 is 19.5 Å². The molecular weight excluding hydrogens is 230 g/mol. The minimum atomic E-state index is 0.00537. The van der Waals surface area contributed by atoms with Crippen LogP contribution in [-0.2, 0) is 4.74 Å². The summed E-state index contributed by atoms with van der Waals surface area (Å²) in [6.45, 7) is 5.54. The number of ether oxygens (including phenoxy) is 3. The van der Waals surface area contributed by atoms with Crippen LogP contribution in [0.5, 0.6) is 11.5 Å². The molecule has 0 saturated heterocycles. The van der Waals surface area contributed by atoms with Crippen molar-refractivity contribution in [3.05, 3.63) is 24.3 Å². The molecule has 1 rings (SSSR count). The van der Waals surface area contributed by atoms with Crippen LogP contribution in [0, 0.1) is 0 Å². The molecule has 0 aromatic heterocycles. The molecule has 4 nitrogen and oxygen atoms in total. The van der Waals surface area contributed by atoms with E-state index in [9.17, 15) is 0 Å². The Bertz CT molecular complexity index is 324. The molecule has 0 aliphatic rings. The first kappa shape index (κ1) is 14.8. The van der Waals surface area contributed by atoms with E-state index >= 15 is 0 Å². The standard InChI is InChI=1S/C14H23NO3/c1-11(2)15-9-14(10-16-3)18-13-7-5-12(17-4)6-8-13/h5-8,11,14-15H,9-10H2,1-4H3. The molecule has 1 aromatic rings. The minimum absolute atomic E-state index is 0.00537. The van der Waals surface area contributed by atoms with Crippen LogP contribution < -0.4 is 14.8 Å². The number of nitrogens with one attached hydrogen (secondary N) is 1. The van der Waals surface area contributed by atoms with E-state index in [1.807, 2.05) is 24.3 Å². The zero-order valence-corrected chi connectivity index (χ0v) is 11.6. The van der Waals surface area contributed by atoms with Crippen molar-refractivity contribution in [3.8, 4) is 11.5 Å². The molecular formula is C14H23NO3. The van der Waals surface area contributed by atoms with E-state index in [1.54, 1.807) is 14.2 Å². The molecule has 0 spiro atoms. The first-order chi connectivity index (χ1) is 8.65. The lowest BCUT2D eigenvalue weighted by Gasteiger charge is -2.20. The van der Waals surface area contributed by atoms with Crippen LogP contribution in [0.1, 0.15) is 13.8 Å². The average Bonchev–Trinajstić information content (AvgIpc) is 2.37. The van der Waals surface area contributed by atoms with Crippen LogP contribution in [0.25, 0.3) is 0 Å². The summed E-state index contributed by atoms with van der Waals surface area (Å²) in [6, 6.07) is 8.00. The molecule has 0 heterocycles. The quantitative estimate of drug-likeness (QED) is 0.770. The Hall–Kier alpha value is -1.26. The van der Waals surface area contributed by atoms with E-state index < -0.39 is 0 Å². The third-order valence-electron chi connectivity index (χ3n) is 2.47. The van der Waals surface area contributed by atoms with Crippen LogP contribution in [-0.4, -0.2) is 39.5 Å². The van der Waals surface area contributed by atoms with E-state index in [0.717, 1.165) is 18.0 Å². The molecule has 0 amide bonds. The molecule has 0 aliphatic carbocycles. The van der Waals surface area contributed by atoms with Crippen LogP contribution in [0.15, 0.2) is 24.3 Å². The Labute approximate surface area is 109 Å². The van der Waals surface area contributed by atoms with E-state index in [0.29, 0.717) is 12.6 Å². The lowest BCUT2D eigenvalue weighted by molar-refractivity contribution is 0.0794. The van der Waals surface area contributed by atoms with Crippen LogP contribution in [0.2, 0.25) is 0 Å². The molecule has 1 N–H and O–H groups in total. The minimum Gasteiger partial charge on any atom is -0.497 e. The van der Waals surface area contributed by atoms with Gasteiger partial charge in [-0.1, -0.05) is 13.8 Å². The Morgan fingerprint density at radius 3 is 2.17 bits per heavy atom. The molecule has 1 atom stereocenters. The lowest BCUT2D eigenvalue weighted by Crippen LogP contribution is -2.37. The molecule has 1 aromatic carbocycles. The predicted octanol–water partition coefficient (Wildman–Crippen LogP) is 2.09. The van der Waals surface area contributed by atoms with Gasteiger partial charge in [-0.05, 0) is 24.3 Å². The summed E-state index contributed by atoms with van der Waals surface area (Å²) in [7, 11) is 3.33. The maximum atomic E-state index is 5.86. The summed E-state index contributed by atoms with van der Waals surface area (Å²) < 4.78 is 16.1. The first-order valence-corrected chi connectivity index (χ1v) is 6.18. The Balaban J connectivity index is 2.52. The Morgan fingerprint density at radius 1 is 1.06 bits per heavy atom. The fourth-order valence-corrected chi connectivity index (χ4v) is 1.53. The number of benzene rings is 1. The summed E-state index contributed by atoms with van der Waals surface area (Å²) in [5.41, 5.74) is 0. The molecule has 1 unspecified atom stereocenters. The second kappa shape index (κ2) is 7.95. The monoisotopic (exact) mass is 253 g/mol. The summed E-state index contributed by atoms with van der Waals surface area (Å²) >= 11 is 0. The van der Waals surface area contributed by atoms with E-state index in [-0.39, 0.29) is 6.10 Å². The van der Waals surface area contributed by atoms with Crippen molar-refractivity contribution >= 4 is 0 Å². The van der Waals surface area contributed by atoms with Crippen LogP contribution in [0.4, 0.5) is 0 Å². The highest BCUT2D eigenvalue weighted by Crippen LogP contribution is 2.18. The second-order valence-electron chi connectivity index (χ2n) is 4.43. The van der Waals surface area contributed by atoms with Gasteiger partial charge in [-0.3, -0.25) is 0 Å².